The number of hydrogen-bond acceptors (Lipinski definition) is 6. The van der Waals surface area contributed by atoms with Gasteiger partial charge in [0.15, 0.2) is 0 Å². The Bertz CT molecular complexity index is 461. The normalized spacial score (nSPS) is 12.3. The van der Waals surface area contributed by atoms with E-state index in [1.54, 1.807) is 27.7 Å². The van der Waals surface area contributed by atoms with Crippen molar-refractivity contribution >= 4 is 40.6 Å². The first kappa shape index (κ1) is 21.7. The summed E-state index contributed by atoms with van der Waals surface area (Å²) in [4.78, 5) is 35.5. The number of halogens is 1. The smallest absolute Gasteiger partial charge is 0.412 e. The molecule has 0 heterocycles. The number of alkyl carbamates (subject to hydrolysis) is 1. The standard InChI is InChI=1S/C15H24INO6/c1-9(2)11(17-14(20)23-10(3)4)12(18)21-7-15(5,6)13(19)22-8-16/h9,11H,3,7-8H2,1-2,4-6H3,(H,17,20). The van der Waals surface area contributed by atoms with Gasteiger partial charge in [0.2, 0.25) is 0 Å². The van der Waals surface area contributed by atoms with Crippen molar-refractivity contribution in [2.75, 3.05) is 11.2 Å². The molecule has 1 unspecified atom stereocenters. The molecule has 1 atom stereocenters. The number of carbonyl (C=O) groups excluding carboxylic acids is 3. The molecule has 0 fully saturated rings. The maximum absolute atomic E-state index is 12.2. The van der Waals surface area contributed by atoms with Crippen molar-refractivity contribution in [3.05, 3.63) is 12.3 Å². The Kier molecular flexibility index (Phi) is 9.18. The minimum atomic E-state index is -0.972. The van der Waals surface area contributed by atoms with Crippen LogP contribution in [0, 0.1) is 11.3 Å². The lowest BCUT2D eigenvalue weighted by Gasteiger charge is -2.25. The van der Waals surface area contributed by atoms with E-state index in [4.69, 9.17) is 14.2 Å². The summed E-state index contributed by atoms with van der Waals surface area (Å²) >= 11 is 1.91. The summed E-state index contributed by atoms with van der Waals surface area (Å²) in [7, 11) is 0. The number of hydrogen-bond donors (Lipinski definition) is 1. The van der Waals surface area contributed by atoms with Crippen LogP contribution in [0.1, 0.15) is 34.6 Å². The molecule has 0 aromatic heterocycles. The highest BCUT2D eigenvalue weighted by Gasteiger charge is 2.33. The lowest BCUT2D eigenvalue weighted by Crippen LogP contribution is -2.46. The molecule has 1 N–H and O–H groups in total. The summed E-state index contributed by atoms with van der Waals surface area (Å²) in [6.07, 6.45) is -0.781. The van der Waals surface area contributed by atoms with Gasteiger partial charge in [-0.2, -0.15) is 0 Å². The predicted molar refractivity (Wildman–Crippen MR) is 92.8 cm³/mol. The van der Waals surface area contributed by atoms with E-state index in [1.165, 1.54) is 6.92 Å². The minimum absolute atomic E-state index is 0.151. The van der Waals surface area contributed by atoms with Gasteiger partial charge in [-0.15, -0.1) is 0 Å². The molecular weight excluding hydrogens is 417 g/mol. The zero-order valence-electron chi connectivity index (χ0n) is 14.1. The van der Waals surface area contributed by atoms with Crippen LogP contribution in [0.2, 0.25) is 0 Å². The number of esters is 2. The quantitative estimate of drug-likeness (QED) is 0.205. The van der Waals surface area contributed by atoms with Crippen molar-refractivity contribution in [2.24, 2.45) is 11.3 Å². The van der Waals surface area contributed by atoms with Gasteiger partial charge in [0.05, 0.1) is 11.2 Å². The molecule has 0 rings (SSSR count). The maximum atomic E-state index is 12.2. The van der Waals surface area contributed by atoms with Crippen LogP contribution in [0.15, 0.2) is 12.3 Å². The van der Waals surface area contributed by atoms with Crippen molar-refractivity contribution in [3.8, 4) is 0 Å². The summed E-state index contributed by atoms with van der Waals surface area (Å²) in [5.41, 5.74) is -0.972. The zero-order valence-corrected chi connectivity index (χ0v) is 16.3. The van der Waals surface area contributed by atoms with E-state index in [2.05, 4.69) is 11.9 Å². The molecule has 0 radical (unpaired) electrons. The third-order valence-corrected chi connectivity index (χ3v) is 3.09. The van der Waals surface area contributed by atoms with E-state index >= 15 is 0 Å². The second-order valence-corrected chi connectivity index (χ2v) is 6.61. The number of amides is 1. The van der Waals surface area contributed by atoms with Gasteiger partial charge in [-0.25, -0.2) is 9.59 Å². The third-order valence-electron chi connectivity index (χ3n) is 2.77. The van der Waals surface area contributed by atoms with Crippen molar-refractivity contribution < 1.29 is 28.6 Å². The number of nitrogens with one attached hydrogen (secondary N) is 1. The summed E-state index contributed by atoms with van der Waals surface area (Å²) in [5, 5.41) is 2.42. The maximum Gasteiger partial charge on any atom is 0.412 e. The molecule has 132 valence electrons. The summed E-state index contributed by atoms with van der Waals surface area (Å²) in [6.45, 7) is 11.5. The second-order valence-electron chi connectivity index (χ2n) is 5.99. The van der Waals surface area contributed by atoms with Crippen molar-refractivity contribution in [2.45, 2.75) is 40.7 Å². The average Bonchev–Trinajstić information content (AvgIpc) is 2.41. The predicted octanol–water partition coefficient (Wildman–Crippen LogP) is 2.78. The Labute approximate surface area is 150 Å². The van der Waals surface area contributed by atoms with E-state index < -0.39 is 29.5 Å². The van der Waals surface area contributed by atoms with Gasteiger partial charge in [-0.1, -0.05) is 20.4 Å². The SMILES string of the molecule is C=C(C)OC(=O)NC(C(=O)OCC(C)(C)C(=O)OCI)C(C)C. The highest BCUT2D eigenvalue weighted by Crippen LogP contribution is 2.19. The van der Waals surface area contributed by atoms with E-state index in [9.17, 15) is 14.4 Å². The molecule has 0 aromatic carbocycles. The Morgan fingerprint density at radius 2 is 1.78 bits per heavy atom. The molecule has 0 saturated heterocycles. The Hall–Kier alpha value is -1.32. The molecule has 7 nitrogen and oxygen atoms in total. The molecular formula is C15H24INO6. The number of rotatable bonds is 8. The fourth-order valence-corrected chi connectivity index (χ4v) is 1.74. The number of allylic oxidation sites excluding steroid dienone is 1. The Balaban J connectivity index is 4.72. The fraction of sp³-hybridized carbons (Fsp3) is 0.667. The summed E-state index contributed by atoms with van der Waals surface area (Å²) in [5.74, 6) is -1.12. The molecule has 0 aromatic rings. The second kappa shape index (κ2) is 9.74. The molecule has 0 aliphatic carbocycles. The Morgan fingerprint density at radius 3 is 2.22 bits per heavy atom. The van der Waals surface area contributed by atoms with Crippen LogP contribution in [0.4, 0.5) is 4.79 Å². The van der Waals surface area contributed by atoms with E-state index in [1.807, 2.05) is 22.6 Å². The lowest BCUT2D eigenvalue weighted by molar-refractivity contribution is -0.161. The van der Waals surface area contributed by atoms with Crippen molar-refractivity contribution in [3.63, 3.8) is 0 Å². The molecule has 23 heavy (non-hydrogen) atoms. The van der Waals surface area contributed by atoms with Crippen LogP contribution in [-0.4, -0.2) is 35.3 Å². The number of carbonyl (C=O) groups is 3. The highest BCUT2D eigenvalue weighted by atomic mass is 127. The first-order valence-corrected chi connectivity index (χ1v) is 8.57. The van der Waals surface area contributed by atoms with Crippen LogP contribution in [0.5, 0.6) is 0 Å². The van der Waals surface area contributed by atoms with Gasteiger partial charge in [0.1, 0.15) is 17.3 Å². The topological polar surface area (TPSA) is 90.9 Å². The first-order chi connectivity index (χ1) is 10.5. The van der Waals surface area contributed by atoms with Gasteiger partial charge in [-0.3, -0.25) is 4.79 Å². The molecule has 8 heteroatoms. The Morgan fingerprint density at radius 1 is 1.22 bits per heavy atom. The van der Waals surface area contributed by atoms with Gasteiger partial charge >= 0.3 is 18.0 Å². The molecule has 0 saturated carbocycles. The summed E-state index contributed by atoms with van der Waals surface area (Å²) in [6, 6.07) is -0.891. The van der Waals surface area contributed by atoms with E-state index in [0.717, 1.165) is 0 Å². The summed E-state index contributed by atoms with van der Waals surface area (Å²) < 4.78 is 15.1. The molecule has 0 aliphatic rings. The zero-order chi connectivity index (χ0) is 18.2. The first-order valence-electron chi connectivity index (χ1n) is 7.05. The van der Waals surface area contributed by atoms with E-state index in [-0.39, 0.29) is 22.9 Å². The van der Waals surface area contributed by atoms with Crippen molar-refractivity contribution in [1.29, 1.82) is 0 Å². The van der Waals surface area contributed by atoms with Crippen LogP contribution in [0.25, 0.3) is 0 Å². The van der Waals surface area contributed by atoms with Crippen LogP contribution >= 0.6 is 22.6 Å². The molecule has 0 spiro atoms. The monoisotopic (exact) mass is 441 g/mol. The van der Waals surface area contributed by atoms with Gasteiger partial charge in [0, 0.05) is 0 Å². The highest BCUT2D eigenvalue weighted by molar-refractivity contribution is 14.1. The van der Waals surface area contributed by atoms with Gasteiger partial charge < -0.3 is 19.5 Å². The largest absolute Gasteiger partial charge is 0.463 e. The van der Waals surface area contributed by atoms with Crippen LogP contribution in [0.3, 0.4) is 0 Å². The van der Waals surface area contributed by atoms with Crippen LogP contribution < -0.4 is 5.32 Å². The molecule has 0 aliphatic heterocycles. The van der Waals surface area contributed by atoms with Crippen molar-refractivity contribution in [1.82, 2.24) is 5.32 Å². The number of ether oxygens (including phenoxy) is 3. The lowest BCUT2D eigenvalue weighted by atomic mass is 9.95. The third kappa shape index (κ3) is 8.19. The van der Waals surface area contributed by atoms with Gasteiger partial charge in [0.25, 0.3) is 0 Å². The molecule has 0 bridgehead atoms. The minimum Gasteiger partial charge on any atom is -0.463 e. The van der Waals surface area contributed by atoms with E-state index in [0.29, 0.717) is 0 Å². The van der Waals surface area contributed by atoms with Crippen LogP contribution in [-0.2, 0) is 23.8 Å². The fourth-order valence-electron chi connectivity index (χ4n) is 1.46. The molecule has 1 amide bonds. The average molecular weight is 441 g/mol. The van der Waals surface area contributed by atoms with Gasteiger partial charge in [-0.05, 0) is 49.3 Å². The number of alkyl halides is 1.